The van der Waals surface area contributed by atoms with Gasteiger partial charge in [-0.3, -0.25) is 4.55 Å². The second kappa shape index (κ2) is 3.03. The van der Waals surface area contributed by atoms with E-state index in [1.807, 2.05) is 0 Å². The highest BCUT2D eigenvalue weighted by Gasteiger charge is 2.10. The molecule has 9 heteroatoms. The van der Waals surface area contributed by atoms with Crippen molar-refractivity contribution in [2.24, 2.45) is 0 Å². The fourth-order valence-electron chi connectivity index (χ4n) is 0.593. The molecular weight excluding hydrogens is 200 g/mol. The van der Waals surface area contributed by atoms with Crippen molar-refractivity contribution in [3.05, 3.63) is 6.07 Å². The molecule has 0 aromatic carbocycles. The second-order valence-corrected chi connectivity index (χ2v) is 3.03. The van der Waals surface area contributed by atoms with E-state index in [4.69, 9.17) is 16.0 Å². The molecule has 0 radical (unpaired) electrons. The molecule has 0 saturated carbocycles. The minimum atomic E-state index is -4.65. The van der Waals surface area contributed by atoms with Crippen LogP contribution in [0.1, 0.15) is 0 Å². The Morgan fingerprint density at radius 1 is 1.31 bits per heavy atom. The minimum absolute atomic E-state index is 0.0637. The highest BCUT2D eigenvalue weighted by molar-refractivity contribution is 7.81. The van der Waals surface area contributed by atoms with Gasteiger partial charge in [0, 0.05) is 6.07 Å². The molecule has 8 nitrogen and oxygen atoms in total. The number of nitrogens with zero attached hydrogens (tertiary/aromatic N) is 2. The normalized spacial score (nSPS) is 11.2. The average molecular weight is 206 g/mol. The van der Waals surface area contributed by atoms with E-state index < -0.39 is 16.4 Å². The largest absolute Gasteiger partial charge is 0.449 e. The first-order valence-corrected chi connectivity index (χ1v) is 4.30. The smallest absolute Gasteiger partial charge is 0.383 e. The van der Waals surface area contributed by atoms with Crippen molar-refractivity contribution < 1.29 is 17.2 Å². The zero-order chi connectivity index (χ0) is 10.1. The molecule has 13 heavy (non-hydrogen) atoms. The summed E-state index contributed by atoms with van der Waals surface area (Å²) in [6.07, 6.45) is 0. The summed E-state index contributed by atoms with van der Waals surface area (Å²) in [5.41, 5.74) is 10.4. The summed E-state index contributed by atoms with van der Waals surface area (Å²) >= 11 is 0. The van der Waals surface area contributed by atoms with E-state index in [1.165, 1.54) is 6.07 Å². The van der Waals surface area contributed by atoms with Crippen molar-refractivity contribution in [2.45, 2.75) is 0 Å². The van der Waals surface area contributed by atoms with E-state index in [9.17, 15) is 8.42 Å². The van der Waals surface area contributed by atoms with Gasteiger partial charge in [-0.2, -0.15) is 18.4 Å². The summed E-state index contributed by atoms with van der Waals surface area (Å²) in [6, 6.07) is 0.580. The van der Waals surface area contributed by atoms with Crippen LogP contribution in [0.3, 0.4) is 0 Å². The predicted octanol–water partition coefficient (Wildman–Crippen LogP) is -1.18. The summed E-state index contributed by atoms with van der Waals surface area (Å²) in [5.74, 6) is -0.127. The maximum absolute atomic E-state index is 10.2. The van der Waals surface area contributed by atoms with Crippen molar-refractivity contribution in [1.82, 2.24) is 9.97 Å². The number of aromatic nitrogens is 2. The van der Waals surface area contributed by atoms with E-state index in [0.29, 0.717) is 0 Å². The molecule has 1 aromatic rings. The lowest BCUT2D eigenvalue weighted by molar-refractivity contribution is 0.375. The molecule has 0 aliphatic carbocycles. The van der Waals surface area contributed by atoms with E-state index in [0.717, 1.165) is 0 Å². The summed E-state index contributed by atoms with van der Waals surface area (Å²) < 4.78 is 32.5. The lowest BCUT2D eigenvalue weighted by atomic mass is 10.5. The molecular formula is C4H6N4O4S. The van der Waals surface area contributed by atoms with Gasteiger partial charge in [-0.15, -0.1) is 0 Å². The van der Waals surface area contributed by atoms with Crippen LogP contribution in [-0.2, 0) is 10.4 Å². The summed E-state index contributed by atoms with van der Waals surface area (Å²) in [6.45, 7) is 0. The molecule has 0 saturated heterocycles. The van der Waals surface area contributed by atoms with Gasteiger partial charge in [0.2, 0.25) is 0 Å². The lowest BCUT2D eigenvalue weighted by Crippen LogP contribution is -2.10. The third kappa shape index (κ3) is 3.09. The monoisotopic (exact) mass is 206 g/mol. The first kappa shape index (κ1) is 9.48. The van der Waals surface area contributed by atoms with Gasteiger partial charge in [0.05, 0.1) is 0 Å². The maximum atomic E-state index is 10.2. The summed E-state index contributed by atoms with van der Waals surface area (Å²) in [4.78, 5) is 6.69. The van der Waals surface area contributed by atoms with Gasteiger partial charge in [0.25, 0.3) is 0 Å². The molecule has 72 valence electrons. The predicted molar refractivity (Wildman–Crippen MR) is 43.0 cm³/mol. The zero-order valence-electron chi connectivity index (χ0n) is 6.21. The van der Waals surface area contributed by atoms with Gasteiger partial charge in [0.1, 0.15) is 11.6 Å². The Balaban J connectivity index is 3.03. The van der Waals surface area contributed by atoms with Gasteiger partial charge >= 0.3 is 16.4 Å². The molecule has 0 aliphatic rings. The van der Waals surface area contributed by atoms with E-state index in [1.54, 1.807) is 0 Å². The van der Waals surface area contributed by atoms with Crippen LogP contribution in [0.15, 0.2) is 6.07 Å². The SMILES string of the molecule is Nc1cc(N)nc(OS(=O)(=O)O)n1. The van der Waals surface area contributed by atoms with Crippen LogP contribution >= 0.6 is 0 Å². The second-order valence-electron chi connectivity index (χ2n) is 2.01. The molecule has 1 heterocycles. The minimum Gasteiger partial charge on any atom is -0.383 e. The maximum Gasteiger partial charge on any atom is 0.449 e. The molecule has 0 bridgehead atoms. The van der Waals surface area contributed by atoms with Gasteiger partial charge < -0.3 is 15.7 Å². The van der Waals surface area contributed by atoms with Crippen LogP contribution in [0.2, 0.25) is 0 Å². The number of rotatable bonds is 2. The number of hydrogen-bond acceptors (Lipinski definition) is 7. The number of nitrogens with two attached hydrogens (primary N) is 2. The van der Waals surface area contributed by atoms with Crippen LogP contribution in [-0.4, -0.2) is 22.9 Å². The molecule has 0 spiro atoms. The number of anilines is 2. The Hall–Kier alpha value is -1.61. The Bertz CT molecular complexity index is 396. The number of hydrogen-bond donors (Lipinski definition) is 3. The van der Waals surface area contributed by atoms with E-state index >= 15 is 0 Å². The highest BCUT2D eigenvalue weighted by Crippen LogP contribution is 2.11. The summed E-state index contributed by atoms with van der Waals surface area (Å²) in [5, 5.41) is 0. The third-order valence-electron chi connectivity index (χ3n) is 0.925. The fourth-order valence-corrected chi connectivity index (χ4v) is 0.856. The Morgan fingerprint density at radius 2 is 1.77 bits per heavy atom. The Labute approximate surface area is 73.5 Å². The van der Waals surface area contributed by atoms with Crippen LogP contribution in [0, 0.1) is 0 Å². The zero-order valence-corrected chi connectivity index (χ0v) is 7.02. The van der Waals surface area contributed by atoms with Crippen molar-refractivity contribution in [2.75, 3.05) is 11.5 Å². The molecule has 0 atom stereocenters. The van der Waals surface area contributed by atoms with Crippen molar-refractivity contribution in [3.63, 3.8) is 0 Å². The highest BCUT2D eigenvalue weighted by atomic mass is 32.3. The Morgan fingerprint density at radius 3 is 2.15 bits per heavy atom. The quantitative estimate of drug-likeness (QED) is 0.513. The van der Waals surface area contributed by atoms with Crippen LogP contribution < -0.4 is 15.7 Å². The van der Waals surface area contributed by atoms with Crippen molar-refractivity contribution >= 4 is 22.0 Å². The van der Waals surface area contributed by atoms with Crippen molar-refractivity contribution in [3.8, 4) is 6.01 Å². The van der Waals surface area contributed by atoms with Crippen LogP contribution in [0.4, 0.5) is 11.6 Å². The van der Waals surface area contributed by atoms with Crippen molar-refractivity contribution in [1.29, 1.82) is 0 Å². The standard InChI is InChI=1S/C4H6N4O4S/c5-2-1-3(6)8-4(7-2)12-13(9,10)11/h1H,(H,9,10,11)(H4,5,6,7,8). The number of nitrogen functional groups attached to an aromatic ring is 2. The molecule has 5 N–H and O–H groups in total. The average Bonchev–Trinajstić information content (AvgIpc) is 1.78. The fraction of sp³-hybridized carbons (Fsp3) is 0. The van der Waals surface area contributed by atoms with Gasteiger partial charge in [0.15, 0.2) is 0 Å². The molecule has 0 fully saturated rings. The lowest BCUT2D eigenvalue weighted by Gasteiger charge is -2.00. The first-order valence-electron chi connectivity index (χ1n) is 2.94. The van der Waals surface area contributed by atoms with Gasteiger partial charge in [-0.05, 0) is 0 Å². The molecule has 0 unspecified atom stereocenters. The van der Waals surface area contributed by atoms with Gasteiger partial charge in [-0.25, -0.2) is 0 Å². The molecule has 0 aliphatic heterocycles. The molecule has 1 aromatic heterocycles. The van der Waals surface area contributed by atoms with E-state index in [-0.39, 0.29) is 11.6 Å². The topological polar surface area (TPSA) is 141 Å². The Kier molecular flexibility index (Phi) is 2.21. The molecule has 0 amide bonds. The third-order valence-corrected chi connectivity index (χ3v) is 1.28. The molecule has 1 rings (SSSR count). The van der Waals surface area contributed by atoms with Crippen LogP contribution in [0.25, 0.3) is 0 Å². The van der Waals surface area contributed by atoms with Gasteiger partial charge in [-0.1, -0.05) is 0 Å². The summed E-state index contributed by atoms with van der Waals surface area (Å²) in [7, 11) is -4.65. The van der Waals surface area contributed by atoms with Crippen LogP contribution in [0.5, 0.6) is 6.01 Å². The van der Waals surface area contributed by atoms with E-state index in [2.05, 4.69) is 14.2 Å². The first-order chi connectivity index (χ1) is 5.87.